The van der Waals surface area contributed by atoms with Crippen LogP contribution in [-0.4, -0.2) is 48.1 Å². The number of nitrogens with one attached hydrogen (secondary N) is 1. The van der Waals surface area contributed by atoms with Crippen LogP contribution in [0.4, 0.5) is 5.13 Å². The molecule has 0 atom stereocenters. The zero-order chi connectivity index (χ0) is 13.8. The van der Waals surface area contributed by atoms with Gasteiger partial charge in [-0.05, 0) is 19.5 Å². The number of anilines is 1. The molecule has 102 valence electrons. The lowest BCUT2D eigenvalue weighted by atomic mass is 9.93. The number of aromatic nitrogens is 1. The number of hydrogen-bond donors (Lipinski definition) is 2. The lowest BCUT2D eigenvalue weighted by Crippen LogP contribution is -2.34. The molecular weight excluding hydrogens is 250 g/mol. The van der Waals surface area contributed by atoms with Gasteiger partial charge in [0.05, 0.1) is 12.1 Å². The summed E-state index contributed by atoms with van der Waals surface area (Å²) in [6.07, 6.45) is -0.0146. The monoisotopic (exact) mass is 271 g/mol. The van der Waals surface area contributed by atoms with E-state index in [1.54, 1.807) is 5.38 Å². The summed E-state index contributed by atoms with van der Waals surface area (Å²) >= 11 is 1.45. The molecule has 1 heterocycles. The second kappa shape index (κ2) is 6.15. The van der Waals surface area contributed by atoms with E-state index >= 15 is 0 Å². The highest BCUT2D eigenvalue weighted by atomic mass is 32.1. The Morgan fingerprint density at radius 3 is 2.78 bits per heavy atom. The minimum absolute atomic E-state index is 0.0146. The van der Waals surface area contributed by atoms with Crippen molar-refractivity contribution < 1.29 is 9.90 Å². The van der Waals surface area contributed by atoms with Crippen LogP contribution >= 0.6 is 11.3 Å². The highest BCUT2D eigenvalue weighted by Gasteiger charge is 2.19. The van der Waals surface area contributed by atoms with Gasteiger partial charge in [0, 0.05) is 18.5 Å². The summed E-state index contributed by atoms with van der Waals surface area (Å²) < 4.78 is 0. The molecule has 1 aromatic heterocycles. The third-order valence-corrected chi connectivity index (χ3v) is 3.20. The van der Waals surface area contributed by atoms with Crippen LogP contribution < -0.4 is 5.32 Å². The molecule has 18 heavy (non-hydrogen) atoms. The van der Waals surface area contributed by atoms with Crippen molar-refractivity contribution in [2.24, 2.45) is 5.41 Å². The summed E-state index contributed by atoms with van der Waals surface area (Å²) in [5.41, 5.74) is 0.752. The summed E-state index contributed by atoms with van der Waals surface area (Å²) in [6.45, 7) is 6.16. The predicted molar refractivity (Wildman–Crippen MR) is 74.3 cm³/mol. The van der Waals surface area contributed by atoms with Crippen LogP contribution in [-0.2, 0) is 11.2 Å². The standard InChI is InChI=1S/C12H21N3O2S/c1-12(2,8-15(3)4)7-13-11-14-9(6-18-11)5-10(16)17/h6H,5,7-8H2,1-4H3,(H,13,14)(H,16,17). The predicted octanol–water partition coefficient (Wildman–Crippen LogP) is 1.77. The van der Waals surface area contributed by atoms with Crippen molar-refractivity contribution in [3.8, 4) is 0 Å². The third kappa shape index (κ3) is 5.46. The molecule has 0 unspecified atom stereocenters. The molecule has 0 spiro atoms. The van der Waals surface area contributed by atoms with Gasteiger partial charge in [-0.1, -0.05) is 13.8 Å². The molecule has 6 heteroatoms. The lowest BCUT2D eigenvalue weighted by Gasteiger charge is -2.28. The van der Waals surface area contributed by atoms with Gasteiger partial charge in [-0.25, -0.2) is 4.98 Å². The van der Waals surface area contributed by atoms with E-state index in [0.29, 0.717) is 5.69 Å². The fourth-order valence-electron chi connectivity index (χ4n) is 1.85. The van der Waals surface area contributed by atoms with Gasteiger partial charge >= 0.3 is 5.97 Å². The average Bonchev–Trinajstić information content (AvgIpc) is 2.60. The van der Waals surface area contributed by atoms with Crippen molar-refractivity contribution in [2.75, 3.05) is 32.5 Å². The van der Waals surface area contributed by atoms with Crippen molar-refractivity contribution in [1.82, 2.24) is 9.88 Å². The number of rotatable bonds is 7. The number of carboxylic acid groups (broad SMARTS) is 1. The topological polar surface area (TPSA) is 65.5 Å². The molecule has 1 aromatic rings. The molecule has 0 aliphatic carbocycles. The molecule has 1 rings (SSSR count). The Labute approximate surface area is 112 Å². The van der Waals surface area contributed by atoms with Crippen molar-refractivity contribution in [2.45, 2.75) is 20.3 Å². The number of aliphatic carboxylic acids is 1. The van der Waals surface area contributed by atoms with Gasteiger partial charge in [-0.2, -0.15) is 0 Å². The number of carbonyl (C=O) groups is 1. The van der Waals surface area contributed by atoms with E-state index in [-0.39, 0.29) is 11.8 Å². The molecule has 0 radical (unpaired) electrons. The van der Waals surface area contributed by atoms with Gasteiger partial charge < -0.3 is 15.3 Å². The molecular formula is C12H21N3O2S. The summed E-state index contributed by atoms with van der Waals surface area (Å²) in [6, 6.07) is 0. The maximum atomic E-state index is 10.6. The van der Waals surface area contributed by atoms with E-state index in [4.69, 9.17) is 5.11 Å². The maximum absolute atomic E-state index is 10.6. The first-order valence-electron chi connectivity index (χ1n) is 5.83. The summed E-state index contributed by atoms with van der Waals surface area (Å²) in [4.78, 5) is 17.0. The first-order valence-corrected chi connectivity index (χ1v) is 6.71. The summed E-state index contributed by atoms with van der Waals surface area (Å²) in [7, 11) is 4.10. The van der Waals surface area contributed by atoms with E-state index in [0.717, 1.165) is 18.2 Å². The van der Waals surface area contributed by atoms with Gasteiger partial charge in [0.15, 0.2) is 5.13 Å². The number of thiazole rings is 1. The van der Waals surface area contributed by atoms with E-state index in [1.165, 1.54) is 11.3 Å². The zero-order valence-electron chi connectivity index (χ0n) is 11.4. The zero-order valence-corrected chi connectivity index (χ0v) is 12.2. The molecule has 0 aliphatic rings. The molecule has 0 saturated carbocycles. The highest BCUT2D eigenvalue weighted by molar-refractivity contribution is 7.13. The molecule has 0 amide bonds. The van der Waals surface area contributed by atoms with Crippen molar-refractivity contribution in [1.29, 1.82) is 0 Å². The second-order valence-corrected chi connectivity index (χ2v) is 6.33. The van der Waals surface area contributed by atoms with Gasteiger partial charge in [-0.15, -0.1) is 11.3 Å². The van der Waals surface area contributed by atoms with Crippen LogP contribution in [0.15, 0.2) is 5.38 Å². The largest absolute Gasteiger partial charge is 0.481 e. The molecule has 2 N–H and O–H groups in total. The number of nitrogens with zero attached hydrogens (tertiary/aromatic N) is 2. The van der Waals surface area contributed by atoms with Gasteiger partial charge in [0.1, 0.15) is 0 Å². The Kier molecular flexibility index (Phi) is 5.10. The molecule has 0 fully saturated rings. The van der Waals surface area contributed by atoms with Crippen LogP contribution in [0.2, 0.25) is 0 Å². The number of carboxylic acids is 1. The van der Waals surface area contributed by atoms with E-state index < -0.39 is 5.97 Å². The van der Waals surface area contributed by atoms with E-state index in [9.17, 15) is 4.79 Å². The Balaban J connectivity index is 2.48. The Bertz CT molecular complexity index is 402. The van der Waals surface area contributed by atoms with E-state index in [1.807, 2.05) is 0 Å². The summed E-state index contributed by atoms with van der Waals surface area (Å²) in [5, 5.41) is 14.5. The fourth-order valence-corrected chi connectivity index (χ4v) is 2.56. The second-order valence-electron chi connectivity index (χ2n) is 5.47. The van der Waals surface area contributed by atoms with Gasteiger partial charge in [-0.3, -0.25) is 4.79 Å². The minimum Gasteiger partial charge on any atom is -0.481 e. The molecule has 5 nitrogen and oxygen atoms in total. The number of hydrogen-bond acceptors (Lipinski definition) is 5. The fraction of sp³-hybridized carbons (Fsp3) is 0.667. The Morgan fingerprint density at radius 1 is 1.56 bits per heavy atom. The summed E-state index contributed by atoms with van der Waals surface area (Å²) in [5.74, 6) is -0.847. The van der Waals surface area contributed by atoms with Crippen LogP contribution in [0.3, 0.4) is 0 Å². The van der Waals surface area contributed by atoms with Crippen LogP contribution in [0.25, 0.3) is 0 Å². The smallest absolute Gasteiger partial charge is 0.309 e. The molecule has 0 aliphatic heterocycles. The lowest BCUT2D eigenvalue weighted by molar-refractivity contribution is -0.136. The Morgan fingerprint density at radius 2 is 2.22 bits per heavy atom. The van der Waals surface area contributed by atoms with Crippen molar-refractivity contribution in [3.63, 3.8) is 0 Å². The molecule has 0 bridgehead atoms. The van der Waals surface area contributed by atoms with Gasteiger partial charge in [0.25, 0.3) is 0 Å². The van der Waals surface area contributed by atoms with Crippen molar-refractivity contribution >= 4 is 22.4 Å². The van der Waals surface area contributed by atoms with Gasteiger partial charge in [0.2, 0.25) is 0 Å². The van der Waals surface area contributed by atoms with E-state index in [2.05, 4.69) is 43.1 Å². The quantitative estimate of drug-likeness (QED) is 0.791. The maximum Gasteiger partial charge on any atom is 0.309 e. The van der Waals surface area contributed by atoms with Crippen LogP contribution in [0.5, 0.6) is 0 Å². The SMILES string of the molecule is CN(C)CC(C)(C)CNc1nc(CC(=O)O)cs1. The molecule has 0 saturated heterocycles. The normalized spacial score (nSPS) is 11.8. The first-order chi connectivity index (χ1) is 8.28. The molecule has 0 aromatic carbocycles. The minimum atomic E-state index is -0.847. The first kappa shape index (κ1) is 14.9. The highest BCUT2D eigenvalue weighted by Crippen LogP contribution is 2.20. The Hall–Kier alpha value is -1.14. The van der Waals surface area contributed by atoms with Crippen LogP contribution in [0, 0.1) is 5.41 Å². The average molecular weight is 271 g/mol. The van der Waals surface area contributed by atoms with Crippen molar-refractivity contribution in [3.05, 3.63) is 11.1 Å². The van der Waals surface area contributed by atoms with Crippen LogP contribution in [0.1, 0.15) is 19.5 Å². The third-order valence-electron chi connectivity index (χ3n) is 2.35.